The zero-order valence-corrected chi connectivity index (χ0v) is 12.9. The Bertz CT molecular complexity index is 378. The van der Waals surface area contributed by atoms with E-state index in [0.29, 0.717) is 6.42 Å². The van der Waals surface area contributed by atoms with Gasteiger partial charge in [0, 0.05) is 17.8 Å². The van der Waals surface area contributed by atoms with Gasteiger partial charge in [-0.2, -0.15) is 0 Å². The van der Waals surface area contributed by atoms with Crippen LogP contribution >= 0.6 is 15.9 Å². The highest BCUT2D eigenvalue weighted by molar-refractivity contribution is 9.09. The van der Waals surface area contributed by atoms with Gasteiger partial charge in [0.2, 0.25) is 5.91 Å². The van der Waals surface area contributed by atoms with Crippen LogP contribution in [0, 0.1) is 0 Å². The third-order valence-corrected chi connectivity index (χ3v) is 3.56. The van der Waals surface area contributed by atoms with Crippen LogP contribution in [-0.2, 0) is 11.2 Å². The Morgan fingerprint density at radius 3 is 2.63 bits per heavy atom. The predicted octanol–water partition coefficient (Wildman–Crippen LogP) is 3.39. The minimum atomic E-state index is 0.138. The van der Waals surface area contributed by atoms with Crippen molar-refractivity contribution in [1.29, 1.82) is 0 Å². The Labute approximate surface area is 123 Å². The molecule has 1 unspecified atom stereocenters. The van der Waals surface area contributed by atoms with E-state index in [9.17, 15) is 9.90 Å². The molecular formula is C15H22BrNO2. The van der Waals surface area contributed by atoms with E-state index in [-0.39, 0.29) is 17.7 Å². The highest BCUT2D eigenvalue weighted by Crippen LogP contribution is 2.12. The Balaban J connectivity index is 2.21. The standard InChI is InChI=1S/C15H22BrNO2/c1-12(17-15(19)4-2-3-11-16)5-6-13-7-9-14(18)10-8-13/h7-10,12,18H,2-6,11H2,1H3,(H,17,19). The third-order valence-electron chi connectivity index (χ3n) is 3.00. The molecule has 0 fully saturated rings. The first-order chi connectivity index (χ1) is 9.11. The van der Waals surface area contributed by atoms with Crippen molar-refractivity contribution in [2.45, 2.75) is 45.1 Å². The molecule has 2 N–H and O–H groups in total. The number of hydrogen-bond acceptors (Lipinski definition) is 2. The van der Waals surface area contributed by atoms with Crippen molar-refractivity contribution in [3.05, 3.63) is 29.8 Å². The maximum absolute atomic E-state index is 11.6. The van der Waals surface area contributed by atoms with E-state index in [4.69, 9.17) is 0 Å². The molecule has 1 aromatic carbocycles. The quantitative estimate of drug-likeness (QED) is 0.568. The molecule has 0 saturated heterocycles. The number of halogens is 1. The first-order valence-electron chi connectivity index (χ1n) is 6.75. The largest absolute Gasteiger partial charge is 0.508 e. The number of phenolic OH excluding ortho intramolecular Hbond substituents is 1. The fourth-order valence-corrected chi connectivity index (χ4v) is 2.24. The first-order valence-corrected chi connectivity index (χ1v) is 7.87. The molecule has 0 aliphatic carbocycles. The van der Waals surface area contributed by atoms with Gasteiger partial charge in [0.05, 0.1) is 0 Å². The molecule has 19 heavy (non-hydrogen) atoms. The smallest absolute Gasteiger partial charge is 0.220 e. The minimum Gasteiger partial charge on any atom is -0.508 e. The Kier molecular flexibility index (Phi) is 7.56. The lowest BCUT2D eigenvalue weighted by Crippen LogP contribution is -2.32. The fraction of sp³-hybridized carbons (Fsp3) is 0.533. The van der Waals surface area contributed by atoms with Gasteiger partial charge in [-0.1, -0.05) is 28.1 Å². The number of aryl methyl sites for hydroxylation is 1. The molecule has 1 rings (SSSR count). The summed E-state index contributed by atoms with van der Waals surface area (Å²) in [6.45, 7) is 2.03. The zero-order chi connectivity index (χ0) is 14.1. The van der Waals surface area contributed by atoms with Gasteiger partial charge in [-0.25, -0.2) is 0 Å². The number of benzene rings is 1. The van der Waals surface area contributed by atoms with Gasteiger partial charge >= 0.3 is 0 Å². The van der Waals surface area contributed by atoms with Crippen LogP contribution in [0.25, 0.3) is 0 Å². The van der Waals surface area contributed by atoms with Crippen molar-refractivity contribution in [3.63, 3.8) is 0 Å². The van der Waals surface area contributed by atoms with Crippen LogP contribution in [0.3, 0.4) is 0 Å². The molecule has 0 radical (unpaired) electrons. The number of carbonyl (C=O) groups is 1. The Morgan fingerprint density at radius 2 is 2.00 bits per heavy atom. The number of aromatic hydroxyl groups is 1. The van der Waals surface area contributed by atoms with Gasteiger partial charge < -0.3 is 10.4 Å². The summed E-state index contributed by atoms with van der Waals surface area (Å²) in [6.07, 6.45) is 4.39. The molecule has 0 saturated carbocycles. The number of nitrogens with one attached hydrogen (secondary N) is 1. The number of phenols is 1. The minimum absolute atomic E-state index is 0.138. The monoisotopic (exact) mass is 327 g/mol. The molecule has 3 nitrogen and oxygen atoms in total. The summed E-state index contributed by atoms with van der Waals surface area (Å²) in [6, 6.07) is 7.41. The van der Waals surface area contributed by atoms with Crippen molar-refractivity contribution in [2.75, 3.05) is 5.33 Å². The van der Waals surface area contributed by atoms with E-state index in [0.717, 1.165) is 31.0 Å². The van der Waals surface area contributed by atoms with Crippen LogP contribution in [-0.4, -0.2) is 22.4 Å². The second-order valence-corrected chi connectivity index (χ2v) is 5.61. The summed E-state index contributed by atoms with van der Waals surface area (Å²) in [5.74, 6) is 0.427. The van der Waals surface area contributed by atoms with Crippen molar-refractivity contribution in [3.8, 4) is 5.75 Å². The Hall–Kier alpha value is -1.03. The van der Waals surface area contributed by atoms with E-state index in [2.05, 4.69) is 21.2 Å². The highest BCUT2D eigenvalue weighted by Gasteiger charge is 2.07. The number of amides is 1. The molecule has 0 aromatic heterocycles. The molecule has 1 amide bonds. The van der Waals surface area contributed by atoms with E-state index >= 15 is 0 Å². The maximum atomic E-state index is 11.6. The topological polar surface area (TPSA) is 49.3 Å². The zero-order valence-electron chi connectivity index (χ0n) is 11.4. The van der Waals surface area contributed by atoms with Gasteiger partial charge in [0.1, 0.15) is 5.75 Å². The molecule has 0 spiro atoms. The lowest BCUT2D eigenvalue weighted by Gasteiger charge is -2.13. The summed E-state index contributed by atoms with van der Waals surface area (Å²) in [4.78, 5) is 11.6. The highest BCUT2D eigenvalue weighted by atomic mass is 79.9. The summed E-state index contributed by atoms with van der Waals surface area (Å²) in [5, 5.41) is 13.2. The van der Waals surface area contributed by atoms with Crippen LogP contribution in [0.5, 0.6) is 5.75 Å². The van der Waals surface area contributed by atoms with E-state index in [1.807, 2.05) is 19.1 Å². The van der Waals surface area contributed by atoms with E-state index in [1.54, 1.807) is 12.1 Å². The molecular weight excluding hydrogens is 306 g/mol. The van der Waals surface area contributed by atoms with Crippen LogP contribution in [0.1, 0.15) is 38.2 Å². The molecule has 0 aliphatic rings. The second-order valence-electron chi connectivity index (χ2n) is 4.82. The normalized spacial score (nSPS) is 12.1. The fourth-order valence-electron chi connectivity index (χ4n) is 1.84. The van der Waals surface area contributed by atoms with Crippen LogP contribution in [0.2, 0.25) is 0 Å². The van der Waals surface area contributed by atoms with Crippen LogP contribution in [0.4, 0.5) is 0 Å². The van der Waals surface area contributed by atoms with Crippen LogP contribution < -0.4 is 5.32 Å². The third kappa shape index (κ3) is 7.21. The SMILES string of the molecule is CC(CCc1ccc(O)cc1)NC(=O)CCCCBr. The van der Waals surface area contributed by atoms with Gasteiger partial charge in [0.15, 0.2) is 0 Å². The molecule has 0 heterocycles. The van der Waals surface area contributed by atoms with Crippen molar-refractivity contribution in [2.24, 2.45) is 0 Å². The Morgan fingerprint density at radius 1 is 1.32 bits per heavy atom. The number of carbonyl (C=O) groups excluding carboxylic acids is 1. The van der Waals surface area contributed by atoms with Crippen molar-refractivity contribution >= 4 is 21.8 Å². The molecule has 1 atom stereocenters. The van der Waals surface area contributed by atoms with E-state index < -0.39 is 0 Å². The number of rotatable bonds is 8. The average molecular weight is 328 g/mol. The van der Waals surface area contributed by atoms with Crippen molar-refractivity contribution < 1.29 is 9.90 Å². The maximum Gasteiger partial charge on any atom is 0.220 e. The van der Waals surface area contributed by atoms with Gasteiger partial charge in [-0.05, 0) is 50.3 Å². The number of alkyl halides is 1. The van der Waals surface area contributed by atoms with Gasteiger partial charge in [0.25, 0.3) is 0 Å². The number of hydrogen-bond donors (Lipinski definition) is 2. The summed E-state index contributed by atoms with van der Waals surface area (Å²) >= 11 is 3.36. The molecule has 4 heteroatoms. The summed E-state index contributed by atoms with van der Waals surface area (Å²) in [7, 11) is 0. The summed E-state index contributed by atoms with van der Waals surface area (Å²) < 4.78 is 0. The molecule has 0 bridgehead atoms. The lowest BCUT2D eigenvalue weighted by molar-refractivity contribution is -0.121. The molecule has 1 aromatic rings. The number of unbranched alkanes of at least 4 members (excludes halogenated alkanes) is 1. The van der Waals surface area contributed by atoms with Gasteiger partial charge in [-0.15, -0.1) is 0 Å². The second kappa shape index (κ2) is 8.97. The molecule has 0 aliphatic heterocycles. The van der Waals surface area contributed by atoms with E-state index in [1.165, 1.54) is 5.56 Å². The lowest BCUT2D eigenvalue weighted by atomic mass is 10.1. The van der Waals surface area contributed by atoms with Crippen molar-refractivity contribution in [1.82, 2.24) is 5.32 Å². The summed E-state index contributed by atoms with van der Waals surface area (Å²) in [5.41, 5.74) is 1.18. The van der Waals surface area contributed by atoms with Crippen LogP contribution in [0.15, 0.2) is 24.3 Å². The predicted molar refractivity (Wildman–Crippen MR) is 81.7 cm³/mol. The molecule has 106 valence electrons. The first kappa shape index (κ1) is 16.0. The average Bonchev–Trinajstić information content (AvgIpc) is 2.38. The van der Waals surface area contributed by atoms with Gasteiger partial charge in [-0.3, -0.25) is 4.79 Å².